The second-order valence-electron chi connectivity index (χ2n) is 3.12. The van der Waals surface area contributed by atoms with Gasteiger partial charge in [0.15, 0.2) is 5.78 Å². The zero-order chi connectivity index (χ0) is 12.7. The molecular weight excluding hydrogens is 216 g/mol. The van der Waals surface area contributed by atoms with Gasteiger partial charge in [0.05, 0.1) is 13.0 Å². The lowest BCUT2D eigenvalue weighted by atomic mass is 9.96. The van der Waals surface area contributed by atoms with Crippen molar-refractivity contribution in [2.75, 3.05) is 6.61 Å². The second-order valence-corrected chi connectivity index (χ2v) is 3.12. The van der Waals surface area contributed by atoms with Crippen LogP contribution in [-0.2, 0) is 24.0 Å². The average Bonchev–Trinajstić information content (AvgIpc) is 2.24. The van der Waals surface area contributed by atoms with E-state index in [1.807, 2.05) is 0 Å². The van der Waals surface area contributed by atoms with Gasteiger partial charge in [-0.05, 0) is 19.4 Å². The Morgan fingerprint density at radius 1 is 1.38 bits per heavy atom. The van der Waals surface area contributed by atoms with Crippen LogP contribution in [0.5, 0.6) is 0 Å². The van der Waals surface area contributed by atoms with E-state index in [-0.39, 0.29) is 12.2 Å². The van der Waals surface area contributed by atoms with Gasteiger partial charge in [0.1, 0.15) is 5.92 Å². The Balaban J connectivity index is 4.76. The molecule has 0 aliphatic rings. The highest BCUT2D eigenvalue weighted by molar-refractivity contribution is 6.09. The molecule has 0 heterocycles. The predicted molar refractivity (Wildman–Crippen MR) is 53.3 cm³/mol. The van der Waals surface area contributed by atoms with Gasteiger partial charge in [-0.25, -0.2) is 4.79 Å². The first-order valence-corrected chi connectivity index (χ1v) is 4.64. The maximum absolute atomic E-state index is 11.5. The van der Waals surface area contributed by atoms with Crippen molar-refractivity contribution in [1.82, 2.24) is 0 Å². The van der Waals surface area contributed by atoms with Crippen LogP contribution in [0, 0.1) is 5.92 Å². The Kier molecular flexibility index (Phi) is 6.02. The van der Waals surface area contributed by atoms with Crippen molar-refractivity contribution in [2.24, 2.45) is 5.92 Å². The Labute approximate surface area is 92.8 Å². The predicted octanol–water partition coefficient (Wildman–Crippen LogP) is 0.717. The smallest absolute Gasteiger partial charge is 0.343 e. The van der Waals surface area contributed by atoms with E-state index in [9.17, 15) is 14.4 Å². The van der Waals surface area contributed by atoms with Crippen molar-refractivity contribution >= 4 is 17.7 Å². The maximum atomic E-state index is 11.5. The molecule has 0 radical (unpaired) electrons. The molecule has 0 saturated carbocycles. The number of rotatable bonds is 6. The first-order chi connectivity index (χ1) is 7.43. The molecule has 0 aromatic heterocycles. The van der Waals surface area contributed by atoms with E-state index in [1.165, 1.54) is 6.92 Å². The van der Waals surface area contributed by atoms with Crippen molar-refractivity contribution in [3.05, 3.63) is 12.2 Å². The molecule has 0 rings (SSSR count). The van der Waals surface area contributed by atoms with E-state index in [0.717, 1.165) is 0 Å². The van der Waals surface area contributed by atoms with Gasteiger partial charge in [-0.15, -0.1) is 0 Å². The minimum atomic E-state index is -1.31. The number of esters is 1. The van der Waals surface area contributed by atoms with Gasteiger partial charge in [-0.1, -0.05) is 6.58 Å². The molecule has 0 aliphatic carbocycles. The standard InChI is InChI=1S/C10H14O6/c1-4-15-10(13)7(5-8(11)16-14)9(12)6(2)3/h7,14H,2,4-5H2,1,3H3. The molecule has 0 fully saturated rings. The Morgan fingerprint density at radius 2 is 1.94 bits per heavy atom. The number of allylic oxidation sites excluding steroid dienone is 1. The topological polar surface area (TPSA) is 89.9 Å². The summed E-state index contributed by atoms with van der Waals surface area (Å²) < 4.78 is 4.63. The Hall–Kier alpha value is -1.69. The Morgan fingerprint density at radius 3 is 2.31 bits per heavy atom. The summed E-state index contributed by atoms with van der Waals surface area (Å²) in [6.45, 7) is 6.46. The summed E-state index contributed by atoms with van der Waals surface area (Å²) in [5.74, 6) is -3.82. The van der Waals surface area contributed by atoms with Crippen molar-refractivity contribution in [1.29, 1.82) is 0 Å². The maximum Gasteiger partial charge on any atom is 0.343 e. The Bertz CT molecular complexity index is 306. The van der Waals surface area contributed by atoms with Crippen LogP contribution >= 0.6 is 0 Å². The van der Waals surface area contributed by atoms with Crippen LogP contribution in [-0.4, -0.2) is 29.6 Å². The normalized spacial score (nSPS) is 11.4. The van der Waals surface area contributed by atoms with Crippen molar-refractivity contribution in [3.8, 4) is 0 Å². The van der Waals surface area contributed by atoms with Crippen LogP contribution < -0.4 is 0 Å². The molecule has 0 amide bonds. The number of hydrogen-bond acceptors (Lipinski definition) is 6. The SMILES string of the molecule is C=C(C)C(=O)C(CC(=O)OO)C(=O)OCC. The van der Waals surface area contributed by atoms with Crippen molar-refractivity contribution in [2.45, 2.75) is 20.3 Å². The van der Waals surface area contributed by atoms with E-state index in [2.05, 4.69) is 16.2 Å². The van der Waals surface area contributed by atoms with Crippen LogP contribution in [0.1, 0.15) is 20.3 Å². The van der Waals surface area contributed by atoms with E-state index in [1.54, 1.807) is 6.92 Å². The van der Waals surface area contributed by atoms with Gasteiger partial charge in [-0.2, -0.15) is 5.26 Å². The lowest BCUT2D eigenvalue weighted by Gasteiger charge is -2.12. The summed E-state index contributed by atoms with van der Waals surface area (Å²) in [5.41, 5.74) is 0.129. The summed E-state index contributed by atoms with van der Waals surface area (Å²) in [7, 11) is 0. The number of hydrogen-bond donors (Lipinski definition) is 1. The molecule has 1 unspecified atom stereocenters. The van der Waals surface area contributed by atoms with E-state index in [4.69, 9.17) is 5.26 Å². The van der Waals surface area contributed by atoms with Crippen LogP contribution in [0.25, 0.3) is 0 Å². The number of Topliss-reactive ketones (excluding diaryl/α,β-unsaturated/α-hetero) is 1. The molecular formula is C10H14O6. The van der Waals surface area contributed by atoms with Gasteiger partial charge >= 0.3 is 11.9 Å². The molecule has 1 atom stereocenters. The lowest BCUT2D eigenvalue weighted by molar-refractivity contribution is -0.235. The molecule has 16 heavy (non-hydrogen) atoms. The van der Waals surface area contributed by atoms with Crippen molar-refractivity contribution in [3.63, 3.8) is 0 Å². The summed E-state index contributed by atoms with van der Waals surface area (Å²) in [6.07, 6.45) is -0.568. The molecule has 0 saturated heterocycles. The van der Waals surface area contributed by atoms with Crippen LogP contribution in [0.15, 0.2) is 12.2 Å². The molecule has 6 heteroatoms. The van der Waals surface area contributed by atoms with E-state index < -0.39 is 30.1 Å². The average molecular weight is 230 g/mol. The fourth-order valence-electron chi connectivity index (χ4n) is 1.03. The third-order valence-electron chi connectivity index (χ3n) is 1.78. The minimum Gasteiger partial charge on any atom is -0.465 e. The van der Waals surface area contributed by atoms with Gasteiger partial charge in [0.2, 0.25) is 0 Å². The number of ether oxygens (including phenoxy) is 1. The lowest BCUT2D eigenvalue weighted by Crippen LogP contribution is -2.29. The first kappa shape index (κ1) is 14.3. The molecule has 0 spiro atoms. The van der Waals surface area contributed by atoms with Crippen LogP contribution in [0.3, 0.4) is 0 Å². The highest BCUT2D eigenvalue weighted by Gasteiger charge is 2.31. The van der Waals surface area contributed by atoms with Gasteiger partial charge in [-0.3, -0.25) is 9.59 Å². The van der Waals surface area contributed by atoms with Gasteiger partial charge < -0.3 is 9.62 Å². The first-order valence-electron chi connectivity index (χ1n) is 4.64. The summed E-state index contributed by atoms with van der Waals surface area (Å²) in [4.78, 5) is 37.1. The number of carbonyl (C=O) groups is 3. The number of ketones is 1. The second kappa shape index (κ2) is 6.73. The third-order valence-corrected chi connectivity index (χ3v) is 1.78. The largest absolute Gasteiger partial charge is 0.465 e. The molecule has 1 N–H and O–H groups in total. The molecule has 90 valence electrons. The zero-order valence-electron chi connectivity index (χ0n) is 9.19. The van der Waals surface area contributed by atoms with Crippen LogP contribution in [0.4, 0.5) is 0 Å². The molecule has 0 bridgehead atoms. The fraction of sp³-hybridized carbons (Fsp3) is 0.500. The van der Waals surface area contributed by atoms with Gasteiger partial charge in [0.25, 0.3) is 0 Å². The highest BCUT2D eigenvalue weighted by atomic mass is 17.1. The third kappa shape index (κ3) is 4.22. The molecule has 6 nitrogen and oxygen atoms in total. The summed E-state index contributed by atoms with van der Waals surface area (Å²) in [5, 5.41) is 8.08. The van der Waals surface area contributed by atoms with E-state index >= 15 is 0 Å². The zero-order valence-corrected chi connectivity index (χ0v) is 9.19. The quantitative estimate of drug-likeness (QED) is 0.238. The minimum absolute atomic E-state index is 0.0903. The molecule has 0 aromatic rings. The van der Waals surface area contributed by atoms with Crippen LogP contribution in [0.2, 0.25) is 0 Å². The monoisotopic (exact) mass is 230 g/mol. The van der Waals surface area contributed by atoms with E-state index in [0.29, 0.717) is 0 Å². The number of carbonyl (C=O) groups excluding carboxylic acids is 3. The van der Waals surface area contributed by atoms with Gasteiger partial charge in [0, 0.05) is 0 Å². The fourth-order valence-corrected chi connectivity index (χ4v) is 1.03. The molecule has 0 aromatic carbocycles. The summed E-state index contributed by atoms with van der Waals surface area (Å²) >= 11 is 0. The van der Waals surface area contributed by atoms with Crippen molar-refractivity contribution < 1.29 is 29.3 Å². The summed E-state index contributed by atoms with van der Waals surface area (Å²) in [6, 6.07) is 0. The highest BCUT2D eigenvalue weighted by Crippen LogP contribution is 2.13. The molecule has 0 aliphatic heterocycles.